The van der Waals surface area contributed by atoms with Crippen LogP contribution in [-0.4, -0.2) is 16.3 Å². The molecule has 0 saturated heterocycles. The highest BCUT2D eigenvalue weighted by Gasteiger charge is 2.17. The van der Waals surface area contributed by atoms with Gasteiger partial charge in [-0.15, -0.1) is 0 Å². The van der Waals surface area contributed by atoms with Gasteiger partial charge in [-0.3, -0.25) is 4.79 Å². The Labute approximate surface area is 96.5 Å². The second-order valence-electron chi connectivity index (χ2n) is 5.18. The summed E-state index contributed by atoms with van der Waals surface area (Å²) in [7, 11) is 0. The number of nitrogens with two attached hydrogens (primary N) is 1. The Hall–Kier alpha value is -1.16. The summed E-state index contributed by atoms with van der Waals surface area (Å²) in [4.78, 5) is 11.7. The zero-order valence-corrected chi connectivity index (χ0v) is 10.5. The van der Waals surface area contributed by atoms with Crippen LogP contribution < -0.4 is 11.3 Å². The lowest BCUT2D eigenvalue weighted by Gasteiger charge is -2.20. The molecule has 0 amide bonds. The van der Waals surface area contributed by atoms with Crippen molar-refractivity contribution in [3.63, 3.8) is 0 Å². The van der Waals surface area contributed by atoms with Gasteiger partial charge in [-0.1, -0.05) is 20.8 Å². The molecule has 1 aromatic rings. The van der Waals surface area contributed by atoms with Gasteiger partial charge in [-0.25, -0.2) is 4.68 Å². The first kappa shape index (κ1) is 12.9. The summed E-state index contributed by atoms with van der Waals surface area (Å²) in [6.07, 6.45) is 0.764. The second kappa shape index (κ2) is 4.78. The Bertz CT molecular complexity index is 403. The summed E-state index contributed by atoms with van der Waals surface area (Å²) in [5, 5.41) is 4.41. The van der Waals surface area contributed by atoms with Gasteiger partial charge < -0.3 is 5.73 Å². The van der Waals surface area contributed by atoms with Crippen LogP contribution in [0.4, 0.5) is 0 Å². The highest BCUT2D eigenvalue weighted by Crippen LogP contribution is 2.19. The van der Waals surface area contributed by atoms with Crippen molar-refractivity contribution in [2.45, 2.75) is 45.6 Å². The number of nitrogens with zero attached hydrogens (tertiary/aromatic N) is 2. The van der Waals surface area contributed by atoms with Crippen molar-refractivity contribution in [3.8, 4) is 0 Å². The van der Waals surface area contributed by atoms with E-state index in [1.165, 1.54) is 4.68 Å². The monoisotopic (exact) mass is 223 g/mol. The van der Waals surface area contributed by atoms with Gasteiger partial charge in [0.05, 0.1) is 11.7 Å². The zero-order chi connectivity index (χ0) is 12.3. The van der Waals surface area contributed by atoms with Crippen LogP contribution in [0.25, 0.3) is 0 Å². The van der Waals surface area contributed by atoms with E-state index in [-0.39, 0.29) is 17.0 Å². The van der Waals surface area contributed by atoms with Crippen molar-refractivity contribution < 1.29 is 0 Å². The third kappa shape index (κ3) is 2.92. The second-order valence-corrected chi connectivity index (χ2v) is 5.18. The maximum absolute atomic E-state index is 11.7. The number of rotatable bonds is 3. The summed E-state index contributed by atoms with van der Waals surface area (Å²) in [6.45, 7) is 8.77. The molecule has 0 aliphatic carbocycles. The van der Waals surface area contributed by atoms with E-state index in [2.05, 4.69) is 25.9 Å². The van der Waals surface area contributed by atoms with Gasteiger partial charge >= 0.3 is 0 Å². The predicted octanol–water partition coefficient (Wildman–Crippen LogP) is 1.45. The number of hydrogen-bond acceptors (Lipinski definition) is 3. The van der Waals surface area contributed by atoms with E-state index in [0.29, 0.717) is 6.54 Å². The van der Waals surface area contributed by atoms with Crippen molar-refractivity contribution in [2.75, 3.05) is 6.54 Å². The lowest BCUT2D eigenvalue weighted by molar-refractivity contribution is 0.419. The fraction of sp³-hybridized carbons (Fsp3) is 0.667. The van der Waals surface area contributed by atoms with E-state index in [0.717, 1.165) is 12.1 Å². The molecular weight excluding hydrogens is 202 g/mol. The minimum atomic E-state index is -0.0612. The SMILES string of the molecule is C[C@H](CCN)n1nc(C(C)(C)C)ccc1=O. The van der Waals surface area contributed by atoms with Crippen LogP contribution in [0.3, 0.4) is 0 Å². The first-order valence-corrected chi connectivity index (χ1v) is 5.66. The molecule has 0 aromatic carbocycles. The van der Waals surface area contributed by atoms with Crippen molar-refractivity contribution in [1.29, 1.82) is 0 Å². The number of aromatic nitrogens is 2. The van der Waals surface area contributed by atoms with Crippen molar-refractivity contribution in [1.82, 2.24) is 9.78 Å². The molecule has 0 bridgehead atoms. The molecule has 0 aliphatic heterocycles. The molecular formula is C12H21N3O. The molecule has 1 rings (SSSR count). The Balaban J connectivity index is 3.14. The van der Waals surface area contributed by atoms with Crippen LogP contribution in [0, 0.1) is 0 Å². The largest absolute Gasteiger partial charge is 0.330 e. The van der Waals surface area contributed by atoms with Crippen LogP contribution in [0.5, 0.6) is 0 Å². The molecule has 1 aromatic heterocycles. The zero-order valence-electron chi connectivity index (χ0n) is 10.5. The van der Waals surface area contributed by atoms with Crippen molar-refractivity contribution in [2.24, 2.45) is 5.73 Å². The van der Waals surface area contributed by atoms with E-state index in [1.807, 2.05) is 6.92 Å². The maximum Gasteiger partial charge on any atom is 0.266 e. The fourth-order valence-corrected chi connectivity index (χ4v) is 1.50. The normalized spacial score (nSPS) is 13.8. The molecule has 0 fully saturated rings. The smallest absolute Gasteiger partial charge is 0.266 e. The van der Waals surface area contributed by atoms with E-state index in [1.54, 1.807) is 12.1 Å². The minimum absolute atomic E-state index is 0.0438. The van der Waals surface area contributed by atoms with Crippen LogP contribution in [0.2, 0.25) is 0 Å². The van der Waals surface area contributed by atoms with E-state index in [9.17, 15) is 4.79 Å². The Morgan fingerprint density at radius 3 is 2.56 bits per heavy atom. The van der Waals surface area contributed by atoms with Gasteiger partial charge in [0, 0.05) is 11.5 Å². The lowest BCUT2D eigenvalue weighted by Crippen LogP contribution is -2.30. The van der Waals surface area contributed by atoms with Gasteiger partial charge in [0.15, 0.2) is 0 Å². The Kier molecular flexibility index (Phi) is 3.86. The van der Waals surface area contributed by atoms with Crippen LogP contribution in [-0.2, 0) is 5.41 Å². The molecule has 4 heteroatoms. The standard InChI is InChI=1S/C12H21N3O/c1-9(7-8-13)15-11(16)6-5-10(14-15)12(2,3)4/h5-6,9H,7-8,13H2,1-4H3/t9-/m1/s1. The molecule has 0 spiro atoms. The summed E-state index contributed by atoms with van der Waals surface area (Å²) in [5.41, 5.74) is 6.32. The molecule has 90 valence electrons. The summed E-state index contributed by atoms with van der Waals surface area (Å²) in [6, 6.07) is 3.44. The van der Waals surface area contributed by atoms with Crippen molar-refractivity contribution in [3.05, 3.63) is 28.2 Å². The fourth-order valence-electron chi connectivity index (χ4n) is 1.50. The molecule has 4 nitrogen and oxygen atoms in total. The maximum atomic E-state index is 11.7. The summed E-state index contributed by atoms with van der Waals surface area (Å²) < 4.78 is 1.54. The number of hydrogen-bond donors (Lipinski definition) is 1. The molecule has 0 radical (unpaired) electrons. The van der Waals surface area contributed by atoms with Gasteiger partial charge in [-0.2, -0.15) is 5.10 Å². The van der Waals surface area contributed by atoms with E-state index >= 15 is 0 Å². The summed E-state index contributed by atoms with van der Waals surface area (Å²) in [5.74, 6) is 0. The average Bonchev–Trinajstić information content (AvgIpc) is 2.16. The Morgan fingerprint density at radius 2 is 2.06 bits per heavy atom. The molecule has 2 N–H and O–H groups in total. The predicted molar refractivity (Wildman–Crippen MR) is 65.6 cm³/mol. The van der Waals surface area contributed by atoms with E-state index in [4.69, 9.17) is 5.73 Å². The van der Waals surface area contributed by atoms with Crippen LogP contribution in [0.1, 0.15) is 45.9 Å². The average molecular weight is 223 g/mol. The molecule has 0 saturated carbocycles. The molecule has 0 unspecified atom stereocenters. The van der Waals surface area contributed by atoms with Crippen LogP contribution >= 0.6 is 0 Å². The van der Waals surface area contributed by atoms with Crippen molar-refractivity contribution >= 4 is 0 Å². The highest BCUT2D eigenvalue weighted by molar-refractivity contribution is 5.10. The quantitative estimate of drug-likeness (QED) is 0.843. The third-order valence-corrected chi connectivity index (χ3v) is 2.60. The van der Waals surface area contributed by atoms with Gasteiger partial charge in [0.1, 0.15) is 0 Å². The minimum Gasteiger partial charge on any atom is -0.330 e. The molecule has 0 aliphatic rings. The lowest BCUT2D eigenvalue weighted by atomic mass is 9.92. The first-order chi connectivity index (χ1) is 7.36. The third-order valence-electron chi connectivity index (χ3n) is 2.60. The topological polar surface area (TPSA) is 60.9 Å². The first-order valence-electron chi connectivity index (χ1n) is 5.66. The Morgan fingerprint density at radius 1 is 1.44 bits per heavy atom. The highest BCUT2D eigenvalue weighted by atomic mass is 16.1. The molecule has 1 atom stereocenters. The molecule has 16 heavy (non-hydrogen) atoms. The van der Waals surface area contributed by atoms with E-state index < -0.39 is 0 Å². The van der Waals surface area contributed by atoms with Gasteiger partial charge in [0.25, 0.3) is 5.56 Å². The van der Waals surface area contributed by atoms with Crippen LogP contribution in [0.15, 0.2) is 16.9 Å². The summed E-state index contributed by atoms with van der Waals surface area (Å²) >= 11 is 0. The molecule has 1 heterocycles. The van der Waals surface area contributed by atoms with Gasteiger partial charge in [0.2, 0.25) is 0 Å². The van der Waals surface area contributed by atoms with Gasteiger partial charge in [-0.05, 0) is 26.0 Å².